The molecule has 0 aromatic heterocycles. The number of benzene rings is 1. The third-order valence-electron chi connectivity index (χ3n) is 3.35. The van der Waals surface area contributed by atoms with E-state index in [1.54, 1.807) is 31.2 Å². The number of carbonyl (C=O) groups excluding carboxylic acids is 2. The minimum Gasteiger partial charge on any atom is -0.368 e. The Labute approximate surface area is 118 Å². The van der Waals surface area contributed by atoms with Crippen LogP contribution >= 0.6 is 0 Å². The number of carbonyl (C=O) groups is 2. The quantitative estimate of drug-likeness (QED) is 0.783. The van der Waals surface area contributed by atoms with Crippen molar-refractivity contribution in [3.05, 3.63) is 35.9 Å². The van der Waals surface area contributed by atoms with Crippen LogP contribution in [0.2, 0.25) is 0 Å². The molecule has 5 heteroatoms. The fourth-order valence-electron chi connectivity index (χ4n) is 1.86. The molecule has 1 aliphatic rings. The van der Waals surface area contributed by atoms with Gasteiger partial charge in [-0.1, -0.05) is 30.3 Å². The van der Waals surface area contributed by atoms with E-state index in [2.05, 4.69) is 5.32 Å². The molecule has 1 fully saturated rings. The number of rotatable bonds is 7. The zero-order valence-electron chi connectivity index (χ0n) is 11.5. The Balaban J connectivity index is 1.93. The van der Waals surface area contributed by atoms with E-state index in [1.165, 1.54) is 12.8 Å². The van der Waals surface area contributed by atoms with Gasteiger partial charge in [-0.25, -0.2) is 0 Å². The number of hydrogen-bond acceptors (Lipinski definition) is 3. The number of amides is 2. The summed E-state index contributed by atoms with van der Waals surface area (Å²) in [6, 6.07) is 8.12. The van der Waals surface area contributed by atoms with Crippen molar-refractivity contribution >= 4 is 11.8 Å². The summed E-state index contributed by atoms with van der Waals surface area (Å²) in [7, 11) is 0. The van der Waals surface area contributed by atoms with Crippen LogP contribution in [0.25, 0.3) is 0 Å². The summed E-state index contributed by atoms with van der Waals surface area (Å²) in [4.78, 5) is 23.5. The number of ether oxygens (including phenoxy) is 1. The monoisotopic (exact) mass is 276 g/mol. The fraction of sp³-hybridized carbons (Fsp3) is 0.467. The van der Waals surface area contributed by atoms with Crippen LogP contribution in [0.5, 0.6) is 0 Å². The highest BCUT2D eigenvalue weighted by Gasteiger charge is 2.26. The van der Waals surface area contributed by atoms with Crippen LogP contribution in [0.3, 0.4) is 0 Å². The Morgan fingerprint density at radius 3 is 2.55 bits per heavy atom. The lowest BCUT2D eigenvalue weighted by atomic mass is 10.1. The van der Waals surface area contributed by atoms with Crippen LogP contribution in [0.4, 0.5) is 0 Å². The lowest BCUT2D eigenvalue weighted by molar-refractivity contribution is -0.135. The summed E-state index contributed by atoms with van der Waals surface area (Å²) in [5, 5.41) is 2.64. The zero-order valence-corrected chi connectivity index (χ0v) is 11.5. The fourth-order valence-corrected chi connectivity index (χ4v) is 1.86. The summed E-state index contributed by atoms with van der Waals surface area (Å²) < 4.78 is 5.48. The van der Waals surface area contributed by atoms with Gasteiger partial charge >= 0.3 is 0 Å². The summed E-state index contributed by atoms with van der Waals surface area (Å²) in [6.07, 6.45) is 1.76. The van der Waals surface area contributed by atoms with Crippen molar-refractivity contribution in [1.82, 2.24) is 5.32 Å². The number of hydrogen-bond donors (Lipinski definition) is 2. The van der Waals surface area contributed by atoms with Crippen LogP contribution in [0.1, 0.15) is 31.4 Å². The summed E-state index contributed by atoms with van der Waals surface area (Å²) in [5.74, 6) is -0.316. The van der Waals surface area contributed by atoms with E-state index in [0.717, 1.165) is 0 Å². The normalized spacial score (nSPS) is 17.2. The van der Waals surface area contributed by atoms with E-state index >= 15 is 0 Å². The SMILES string of the molecule is C[C@@H](OCC1CC1)C(=O)N[C@@H](C(N)=O)c1ccccc1. The van der Waals surface area contributed by atoms with Gasteiger partial charge in [-0.2, -0.15) is 0 Å². The van der Waals surface area contributed by atoms with E-state index < -0.39 is 18.1 Å². The highest BCUT2D eigenvalue weighted by Crippen LogP contribution is 2.29. The smallest absolute Gasteiger partial charge is 0.249 e. The lowest BCUT2D eigenvalue weighted by Crippen LogP contribution is -2.42. The Hall–Kier alpha value is -1.88. The predicted octanol–water partition coefficient (Wildman–Crippen LogP) is 1.14. The molecule has 108 valence electrons. The van der Waals surface area contributed by atoms with Gasteiger partial charge < -0.3 is 15.8 Å². The average molecular weight is 276 g/mol. The van der Waals surface area contributed by atoms with Crippen molar-refractivity contribution < 1.29 is 14.3 Å². The maximum Gasteiger partial charge on any atom is 0.249 e. The Morgan fingerprint density at radius 2 is 2.00 bits per heavy atom. The minimum absolute atomic E-state index is 0.321. The van der Waals surface area contributed by atoms with Crippen molar-refractivity contribution in [2.75, 3.05) is 6.61 Å². The first-order valence-corrected chi connectivity index (χ1v) is 6.84. The number of nitrogens with two attached hydrogens (primary N) is 1. The lowest BCUT2D eigenvalue weighted by Gasteiger charge is -2.19. The van der Waals surface area contributed by atoms with Crippen molar-refractivity contribution in [2.24, 2.45) is 11.7 Å². The standard InChI is InChI=1S/C15H20N2O3/c1-10(20-9-11-7-8-11)15(19)17-13(14(16)18)12-5-3-2-4-6-12/h2-6,10-11,13H,7-9H2,1H3,(H2,16,18)(H,17,19)/t10-,13-/m1/s1. The van der Waals surface area contributed by atoms with Gasteiger partial charge in [0.15, 0.2) is 0 Å². The van der Waals surface area contributed by atoms with Crippen LogP contribution in [-0.4, -0.2) is 24.5 Å². The van der Waals surface area contributed by atoms with E-state index in [4.69, 9.17) is 10.5 Å². The molecule has 1 aromatic rings. The highest BCUT2D eigenvalue weighted by atomic mass is 16.5. The molecule has 2 rings (SSSR count). The minimum atomic E-state index is -0.823. The molecule has 1 aromatic carbocycles. The van der Waals surface area contributed by atoms with Crippen molar-refractivity contribution in [2.45, 2.75) is 31.9 Å². The molecule has 0 heterocycles. The first-order valence-electron chi connectivity index (χ1n) is 6.84. The third-order valence-corrected chi connectivity index (χ3v) is 3.35. The van der Waals surface area contributed by atoms with Gasteiger partial charge in [0.05, 0.1) is 6.61 Å². The molecule has 20 heavy (non-hydrogen) atoms. The van der Waals surface area contributed by atoms with E-state index in [-0.39, 0.29) is 5.91 Å². The van der Waals surface area contributed by atoms with E-state index in [1.807, 2.05) is 6.07 Å². The van der Waals surface area contributed by atoms with Gasteiger partial charge in [0.2, 0.25) is 11.8 Å². The molecule has 0 radical (unpaired) electrons. The van der Waals surface area contributed by atoms with Gasteiger partial charge in [0.1, 0.15) is 12.1 Å². The Morgan fingerprint density at radius 1 is 1.35 bits per heavy atom. The molecule has 0 spiro atoms. The maximum atomic E-state index is 12.0. The highest BCUT2D eigenvalue weighted by molar-refractivity contribution is 5.89. The first-order chi connectivity index (χ1) is 9.58. The molecule has 1 aliphatic carbocycles. The summed E-state index contributed by atoms with van der Waals surface area (Å²) in [5.41, 5.74) is 6.02. The van der Waals surface area contributed by atoms with E-state index in [0.29, 0.717) is 18.1 Å². The maximum absolute atomic E-state index is 12.0. The number of nitrogens with one attached hydrogen (secondary N) is 1. The van der Waals surface area contributed by atoms with Gasteiger partial charge in [-0.05, 0) is 31.2 Å². The van der Waals surface area contributed by atoms with Crippen molar-refractivity contribution in [3.8, 4) is 0 Å². The van der Waals surface area contributed by atoms with Crippen LogP contribution < -0.4 is 11.1 Å². The first kappa shape index (κ1) is 14.5. The van der Waals surface area contributed by atoms with Crippen LogP contribution in [-0.2, 0) is 14.3 Å². The Kier molecular flexibility index (Phi) is 4.74. The summed E-state index contributed by atoms with van der Waals surface area (Å²) in [6.45, 7) is 2.28. The molecule has 0 bridgehead atoms. The molecule has 2 atom stereocenters. The molecule has 2 amide bonds. The van der Waals surface area contributed by atoms with Crippen molar-refractivity contribution in [1.29, 1.82) is 0 Å². The van der Waals surface area contributed by atoms with Crippen LogP contribution in [0, 0.1) is 5.92 Å². The molecular weight excluding hydrogens is 256 g/mol. The second kappa shape index (κ2) is 6.52. The summed E-state index contributed by atoms with van der Waals surface area (Å²) >= 11 is 0. The average Bonchev–Trinajstić information content (AvgIpc) is 3.26. The second-order valence-corrected chi connectivity index (χ2v) is 5.17. The molecule has 0 aliphatic heterocycles. The molecule has 1 saturated carbocycles. The predicted molar refractivity (Wildman–Crippen MR) is 74.7 cm³/mol. The second-order valence-electron chi connectivity index (χ2n) is 5.17. The van der Waals surface area contributed by atoms with Crippen molar-refractivity contribution in [3.63, 3.8) is 0 Å². The van der Waals surface area contributed by atoms with Gasteiger partial charge in [-0.3, -0.25) is 9.59 Å². The zero-order chi connectivity index (χ0) is 14.5. The molecule has 3 N–H and O–H groups in total. The van der Waals surface area contributed by atoms with Gasteiger partial charge in [0, 0.05) is 0 Å². The van der Waals surface area contributed by atoms with Crippen LogP contribution in [0.15, 0.2) is 30.3 Å². The molecular formula is C15H20N2O3. The molecule has 0 saturated heterocycles. The third kappa shape index (κ3) is 4.06. The van der Waals surface area contributed by atoms with Gasteiger partial charge in [0.25, 0.3) is 0 Å². The Bertz CT molecular complexity index is 471. The topological polar surface area (TPSA) is 81.4 Å². The van der Waals surface area contributed by atoms with Gasteiger partial charge in [-0.15, -0.1) is 0 Å². The largest absolute Gasteiger partial charge is 0.368 e. The molecule has 0 unspecified atom stereocenters. The van der Waals surface area contributed by atoms with E-state index in [9.17, 15) is 9.59 Å². The number of primary amides is 1. The molecule has 5 nitrogen and oxygen atoms in total.